The van der Waals surface area contributed by atoms with E-state index in [4.69, 9.17) is 0 Å². The third-order valence-corrected chi connectivity index (χ3v) is 14.0. The second kappa shape index (κ2) is 12.8. The molecule has 0 radical (unpaired) electrons. The highest BCUT2D eigenvalue weighted by Crippen LogP contribution is 2.54. The molecule has 2 aliphatic carbocycles. The third kappa shape index (κ3) is 5.03. The summed E-state index contributed by atoms with van der Waals surface area (Å²) in [5.41, 5.74) is 25.9. The number of rotatable bonds is 4. The van der Waals surface area contributed by atoms with Gasteiger partial charge in [0, 0.05) is 52.4 Å². The van der Waals surface area contributed by atoms with E-state index in [1.807, 2.05) is 0 Å². The second-order valence-electron chi connectivity index (χ2n) is 17.7. The monoisotopic (exact) mass is 778 g/mol. The van der Waals surface area contributed by atoms with Crippen molar-refractivity contribution >= 4 is 57.0 Å². The Bertz CT molecular complexity index is 3270. The standard InChI is InChI=1S/C59H42N2/c1-59(2)52-32-37(23-28-47(52)48-31-27-44(36-53(48)59)61-56-20-9-5-14-41(56)34-42-15-6-10-21-57(42)61)22-24-38-25-29-50-46-30-26-43(35-51(46)49-17-11-16-45(38)58(49)50)60-54-18-7-3-12-39(54)33-40-13-4-8-19-55(40)60/h3-32,35-36H,33-34H2,1-2H3/b24-22+. The number of fused-ring (bicyclic) bond motifs is 10. The molecule has 2 aliphatic heterocycles. The lowest BCUT2D eigenvalue weighted by molar-refractivity contribution is 0.660. The first-order valence-electron chi connectivity index (χ1n) is 21.6. The highest BCUT2D eigenvalue weighted by molar-refractivity contribution is 6.17. The van der Waals surface area contributed by atoms with Gasteiger partial charge in [0.15, 0.2) is 0 Å². The van der Waals surface area contributed by atoms with E-state index in [0.29, 0.717) is 0 Å². The van der Waals surface area contributed by atoms with Gasteiger partial charge in [0.05, 0.1) is 0 Å². The van der Waals surface area contributed by atoms with Gasteiger partial charge < -0.3 is 9.80 Å². The molecule has 2 heterocycles. The Labute approximate surface area is 357 Å². The molecule has 0 N–H and O–H groups in total. The first-order valence-corrected chi connectivity index (χ1v) is 21.6. The summed E-state index contributed by atoms with van der Waals surface area (Å²) in [6, 6.07) is 68.1. The molecule has 4 aliphatic rings. The van der Waals surface area contributed by atoms with Crippen molar-refractivity contribution < 1.29 is 0 Å². The molecular formula is C59H42N2. The second-order valence-corrected chi connectivity index (χ2v) is 17.7. The zero-order chi connectivity index (χ0) is 40.4. The van der Waals surface area contributed by atoms with Crippen LogP contribution in [-0.2, 0) is 18.3 Å². The lowest BCUT2D eigenvalue weighted by Gasteiger charge is -2.34. The van der Waals surface area contributed by atoms with Gasteiger partial charge in [-0.05, 0) is 137 Å². The molecular weight excluding hydrogens is 737 g/mol. The Hall–Kier alpha value is -7.42. The van der Waals surface area contributed by atoms with Crippen molar-refractivity contribution in [3.63, 3.8) is 0 Å². The van der Waals surface area contributed by atoms with Crippen molar-refractivity contribution in [1.29, 1.82) is 0 Å². The number of hydrogen-bond acceptors (Lipinski definition) is 2. The van der Waals surface area contributed by atoms with Gasteiger partial charge in [-0.15, -0.1) is 0 Å². The van der Waals surface area contributed by atoms with E-state index in [2.05, 4.69) is 218 Å². The Morgan fingerprint density at radius 1 is 0.393 bits per heavy atom. The van der Waals surface area contributed by atoms with Crippen LogP contribution < -0.4 is 9.80 Å². The van der Waals surface area contributed by atoms with Gasteiger partial charge in [-0.3, -0.25) is 0 Å². The summed E-state index contributed by atoms with van der Waals surface area (Å²) in [6.07, 6.45) is 6.54. The van der Waals surface area contributed by atoms with Crippen LogP contribution in [0.25, 0.3) is 56.3 Å². The van der Waals surface area contributed by atoms with E-state index in [1.54, 1.807) is 0 Å². The Morgan fingerprint density at radius 3 is 1.49 bits per heavy atom. The van der Waals surface area contributed by atoms with Gasteiger partial charge in [-0.1, -0.05) is 159 Å². The quantitative estimate of drug-likeness (QED) is 0.164. The van der Waals surface area contributed by atoms with Gasteiger partial charge in [0.2, 0.25) is 0 Å². The molecule has 0 aromatic heterocycles. The van der Waals surface area contributed by atoms with Crippen LogP contribution in [0.1, 0.15) is 58.4 Å². The summed E-state index contributed by atoms with van der Waals surface area (Å²) in [6.45, 7) is 4.78. The van der Waals surface area contributed by atoms with Crippen LogP contribution in [0.15, 0.2) is 182 Å². The minimum Gasteiger partial charge on any atom is -0.310 e. The fourth-order valence-electron chi connectivity index (χ4n) is 11.1. The molecule has 9 aromatic rings. The van der Waals surface area contributed by atoms with E-state index in [0.717, 1.165) is 12.8 Å². The summed E-state index contributed by atoms with van der Waals surface area (Å²) in [5, 5.41) is 2.64. The lowest BCUT2D eigenvalue weighted by atomic mass is 9.81. The lowest BCUT2D eigenvalue weighted by Crippen LogP contribution is -2.20. The highest BCUT2D eigenvalue weighted by atomic mass is 15.2. The normalized spacial score (nSPS) is 14.6. The van der Waals surface area contributed by atoms with Gasteiger partial charge in [-0.25, -0.2) is 0 Å². The van der Waals surface area contributed by atoms with Gasteiger partial charge in [-0.2, -0.15) is 0 Å². The zero-order valence-electron chi connectivity index (χ0n) is 34.3. The van der Waals surface area contributed by atoms with Crippen LogP contribution in [0.2, 0.25) is 0 Å². The SMILES string of the molecule is CC1(C)c2cc(/C=C/c3ccc4c5c(cccc35)-c3cc(N5c6ccccc6Cc6ccccc65)ccc3-4)ccc2-c2ccc(N3c4ccccc4Cc4ccccc43)cc21. The largest absolute Gasteiger partial charge is 0.310 e. The zero-order valence-corrected chi connectivity index (χ0v) is 34.3. The smallest absolute Gasteiger partial charge is 0.0497 e. The summed E-state index contributed by atoms with van der Waals surface area (Å²) in [7, 11) is 0. The topological polar surface area (TPSA) is 6.48 Å². The molecule has 2 nitrogen and oxygen atoms in total. The maximum atomic E-state index is 2.46. The molecule has 0 atom stereocenters. The number of benzene rings is 9. The fraction of sp³-hybridized carbons (Fsp3) is 0.0847. The Balaban J connectivity index is 0.839. The van der Waals surface area contributed by atoms with Crippen molar-refractivity contribution in [3.8, 4) is 33.4 Å². The van der Waals surface area contributed by atoms with Crippen molar-refractivity contribution in [3.05, 3.63) is 226 Å². The molecule has 9 aromatic carbocycles. The summed E-state index contributed by atoms with van der Waals surface area (Å²) < 4.78 is 0. The van der Waals surface area contributed by atoms with Gasteiger partial charge in [0.25, 0.3) is 0 Å². The first kappa shape index (κ1) is 34.4. The van der Waals surface area contributed by atoms with E-state index < -0.39 is 0 Å². The summed E-state index contributed by atoms with van der Waals surface area (Å²) >= 11 is 0. The van der Waals surface area contributed by atoms with Crippen LogP contribution in [0.5, 0.6) is 0 Å². The molecule has 0 saturated heterocycles. The van der Waals surface area contributed by atoms with E-state index in [-0.39, 0.29) is 5.41 Å². The van der Waals surface area contributed by atoms with Crippen molar-refractivity contribution in [2.75, 3.05) is 9.80 Å². The summed E-state index contributed by atoms with van der Waals surface area (Å²) in [5.74, 6) is 0. The maximum absolute atomic E-state index is 2.46. The number of nitrogens with zero attached hydrogens (tertiary/aromatic N) is 2. The van der Waals surface area contributed by atoms with Crippen LogP contribution in [0, 0.1) is 0 Å². The van der Waals surface area contributed by atoms with Gasteiger partial charge in [0.1, 0.15) is 0 Å². The molecule has 0 amide bonds. The molecule has 61 heavy (non-hydrogen) atoms. The molecule has 13 rings (SSSR count). The highest BCUT2D eigenvalue weighted by Gasteiger charge is 2.37. The van der Waals surface area contributed by atoms with Crippen molar-refractivity contribution in [2.45, 2.75) is 32.1 Å². The predicted octanol–water partition coefficient (Wildman–Crippen LogP) is 15.7. The number of hydrogen-bond donors (Lipinski definition) is 0. The molecule has 0 unspecified atom stereocenters. The number of para-hydroxylation sites is 4. The maximum Gasteiger partial charge on any atom is 0.0497 e. The average molecular weight is 779 g/mol. The van der Waals surface area contributed by atoms with E-state index in [9.17, 15) is 0 Å². The Morgan fingerprint density at radius 2 is 0.885 bits per heavy atom. The van der Waals surface area contributed by atoms with Crippen molar-refractivity contribution in [2.24, 2.45) is 0 Å². The molecule has 2 heteroatoms. The van der Waals surface area contributed by atoms with Gasteiger partial charge >= 0.3 is 0 Å². The molecule has 0 fully saturated rings. The summed E-state index contributed by atoms with van der Waals surface area (Å²) in [4.78, 5) is 4.91. The minimum absolute atomic E-state index is 0.148. The van der Waals surface area contributed by atoms with E-state index >= 15 is 0 Å². The first-order chi connectivity index (χ1) is 30.0. The third-order valence-electron chi connectivity index (χ3n) is 14.0. The number of anilines is 6. The predicted molar refractivity (Wildman–Crippen MR) is 256 cm³/mol. The van der Waals surface area contributed by atoms with Crippen molar-refractivity contribution in [1.82, 2.24) is 0 Å². The molecule has 0 bridgehead atoms. The fourth-order valence-corrected chi connectivity index (χ4v) is 11.1. The van der Waals surface area contributed by atoms with Crippen LogP contribution >= 0.6 is 0 Å². The molecule has 0 saturated carbocycles. The molecule has 288 valence electrons. The van der Waals surface area contributed by atoms with E-state index in [1.165, 1.54) is 123 Å². The Kier molecular flexibility index (Phi) is 7.22. The average Bonchev–Trinajstić information content (AvgIpc) is 3.74. The molecule has 0 spiro atoms. The van der Waals surface area contributed by atoms with Crippen LogP contribution in [-0.4, -0.2) is 0 Å². The minimum atomic E-state index is -0.148. The van der Waals surface area contributed by atoms with Crippen LogP contribution in [0.4, 0.5) is 34.1 Å². The van der Waals surface area contributed by atoms with Crippen LogP contribution in [0.3, 0.4) is 0 Å².